The van der Waals surface area contributed by atoms with E-state index in [9.17, 15) is 4.79 Å². The molecule has 4 nitrogen and oxygen atoms in total. The zero-order valence-electron chi connectivity index (χ0n) is 10.2. The number of anilines is 1. The SMILES string of the molecule is O=C(O)c1cc(N/N=C\c2cccc(Cl)c2)ccc1Cl. The van der Waals surface area contributed by atoms with Gasteiger partial charge in [-0.2, -0.15) is 5.10 Å². The van der Waals surface area contributed by atoms with Crippen LogP contribution in [0.1, 0.15) is 15.9 Å². The second-order valence-electron chi connectivity index (χ2n) is 3.92. The molecule has 0 bridgehead atoms. The minimum atomic E-state index is -1.09. The van der Waals surface area contributed by atoms with Gasteiger partial charge in [-0.25, -0.2) is 4.79 Å². The summed E-state index contributed by atoms with van der Waals surface area (Å²) < 4.78 is 0. The standard InChI is InChI=1S/C14H10Cl2N2O2/c15-10-3-1-2-9(6-10)8-17-18-11-4-5-13(16)12(7-11)14(19)20/h1-8,18H,(H,19,20)/b17-8-. The van der Waals surface area contributed by atoms with Crippen LogP contribution in [0.15, 0.2) is 47.6 Å². The molecule has 0 spiro atoms. The Morgan fingerprint density at radius 2 is 2.00 bits per heavy atom. The summed E-state index contributed by atoms with van der Waals surface area (Å²) in [5.74, 6) is -1.09. The molecule has 0 fully saturated rings. The second kappa shape index (κ2) is 6.41. The predicted molar refractivity (Wildman–Crippen MR) is 81.1 cm³/mol. The fourth-order valence-corrected chi connectivity index (χ4v) is 1.92. The van der Waals surface area contributed by atoms with Crippen LogP contribution in [0.4, 0.5) is 5.69 Å². The first kappa shape index (κ1) is 14.4. The third-order valence-electron chi connectivity index (χ3n) is 2.45. The summed E-state index contributed by atoms with van der Waals surface area (Å²) >= 11 is 11.6. The van der Waals surface area contributed by atoms with Crippen molar-refractivity contribution in [3.8, 4) is 0 Å². The van der Waals surface area contributed by atoms with Gasteiger partial charge in [0, 0.05) is 5.02 Å². The Kier molecular flexibility index (Phi) is 4.61. The number of halogens is 2. The summed E-state index contributed by atoms with van der Waals surface area (Å²) in [6.45, 7) is 0. The van der Waals surface area contributed by atoms with Crippen LogP contribution in [-0.2, 0) is 0 Å². The maximum atomic E-state index is 10.9. The van der Waals surface area contributed by atoms with Gasteiger partial charge < -0.3 is 5.11 Å². The zero-order valence-corrected chi connectivity index (χ0v) is 11.7. The smallest absolute Gasteiger partial charge is 0.337 e. The molecule has 0 aliphatic rings. The number of nitrogens with one attached hydrogen (secondary N) is 1. The molecule has 2 aromatic carbocycles. The monoisotopic (exact) mass is 308 g/mol. The van der Waals surface area contributed by atoms with Crippen LogP contribution in [0.2, 0.25) is 10.0 Å². The normalized spacial score (nSPS) is 10.7. The van der Waals surface area contributed by atoms with E-state index in [0.717, 1.165) is 5.56 Å². The van der Waals surface area contributed by atoms with Crippen molar-refractivity contribution in [3.05, 3.63) is 63.6 Å². The fourth-order valence-electron chi connectivity index (χ4n) is 1.53. The van der Waals surface area contributed by atoms with Gasteiger partial charge in [0.2, 0.25) is 0 Å². The van der Waals surface area contributed by atoms with Crippen molar-refractivity contribution in [1.82, 2.24) is 0 Å². The molecule has 0 aliphatic carbocycles. The Morgan fingerprint density at radius 3 is 2.70 bits per heavy atom. The quantitative estimate of drug-likeness (QED) is 0.659. The van der Waals surface area contributed by atoms with Crippen molar-refractivity contribution < 1.29 is 9.90 Å². The number of nitrogens with zero attached hydrogens (tertiary/aromatic N) is 1. The predicted octanol–water partition coefficient (Wildman–Crippen LogP) is 4.14. The molecule has 2 aromatic rings. The molecule has 0 atom stereocenters. The minimum absolute atomic E-state index is 0.0228. The Labute approximate surface area is 125 Å². The summed E-state index contributed by atoms with van der Waals surface area (Å²) in [5.41, 5.74) is 4.13. The average Bonchev–Trinajstić information content (AvgIpc) is 2.40. The van der Waals surface area contributed by atoms with Crippen LogP contribution in [-0.4, -0.2) is 17.3 Å². The first-order chi connectivity index (χ1) is 9.56. The third kappa shape index (κ3) is 3.73. The number of rotatable bonds is 4. The fraction of sp³-hybridized carbons (Fsp3) is 0. The van der Waals surface area contributed by atoms with Gasteiger partial charge in [0.15, 0.2) is 0 Å². The number of hydrazone groups is 1. The highest BCUT2D eigenvalue weighted by Gasteiger charge is 2.08. The summed E-state index contributed by atoms with van der Waals surface area (Å²) in [6.07, 6.45) is 1.58. The van der Waals surface area contributed by atoms with Gasteiger partial charge in [-0.3, -0.25) is 5.43 Å². The van der Waals surface area contributed by atoms with E-state index in [1.54, 1.807) is 24.4 Å². The van der Waals surface area contributed by atoms with Crippen molar-refractivity contribution in [2.45, 2.75) is 0 Å². The lowest BCUT2D eigenvalue weighted by atomic mass is 10.2. The molecular weight excluding hydrogens is 299 g/mol. The van der Waals surface area contributed by atoms with Gasteiger partial charge in [0.05, 0.1) is 22.5 Å². The third-order valence-corrected chi connectivity index (χ3v) is 3.02. The molecule has 2 N–H and O–H groups in total. The van der Waals surface area contributed by atoms with Gasteiger partial charge in [0.25, 0.3) is 0 Å². The van der Waals surface area contributed by atoms with Crippen molar-refractivity contribution in [2.75, 3.05) is 5.43 Å². The van der Waals surface area contributed by atoms with Gasteiger partial charge in [-0.15, -0.1) is 0 Å². The Morgan fingerprint density at radius 1 is 1.20 bits per heavy atom. The number of carbonyl (C=O) groups is 1. The van der Waals surface area contributed by atoms with Gasteiger partial charge in [-0.05, 0) is 35.9 Å². The summed E-state index contributed by atoms with van der Waals surface area (Å²) in [6, 6.07) is 11.8. The largest absolute Gasteiger partial charge is 0.478 e. The summed E-state index contributed by atoms with van der Waals surface area (Å²) in [5, 5.41) is 13.8. The Bertz CT molecular complexity index is 672. The molecule has 0 aliphatic heterocycles. The molecule has 0 saturated carbocycles. The summed E-state index contributed by atoms with van der Waals surface area (Å²) in [4.78, 5) is 10.9. The Balaban J connectivity index is 2.11. The van der Waals surface area contributed by atoms with Crippen LogP contribution in [0.5, 0.6) is 0 Å². The molecule has 0 radical (unpaired) electrons. The first-order valence-electron chi connectivity index (χ1n) is 5.64. The molecule has 0 unspecified atom stereocenters. The van der Waals surface area contributed by atoms with Crippen molar-refractivity contribution in [2.24, 2.45) is 5.10 Å². The zero-order chi connectivity index (χ0) is 14.5. The highest BCUT2D eigenvalue weighted by atomic mass is 35.5. The van der Waals surface area contributed by atoms with Crippen LogP contribution >= 0.6 is 23.2 Å². The number of hydrogen-bond acceptors (Lipinski definition) is 3. The summed E-state index contributed by atoms with van der Waals surface area (Å²) in [7, 11) is 0. The van der Waals surface area contributed by atoms with E-state index >= 15 is 0 Å². The highest BCUT2D eigenvalue weighted by molar-refractivity contribution is 6.33. The number of carboxylic acid groups (broad SMARTS) is 1. The number of hydrogen-bond donors (Lipinski definition) is 2. The van der Waals surface area contributed by atoms with E-state index in [4.69, 9.17) is 28.3 Å². The lowest BCUT2D eigenvalue weighted by Gasteiger charge is -2.03. The topological polar surface area (TPSA) is 61.7 Å². The van der Waals surface area contributed by atoms with E-state index < -0.39 is 5.97 Å². The van der Waals surface area contributed by atoms with Crippen molar-refractivity contribution in [3.63, 3.8) is 0 Å². The van der Waals surface area contributed by atoms with Crippen LogP contribution in [0.3, 0.4) is 0 Å². The molecule has 0 amide bonds. The van der Waals surface area contributed by atoms with E-state index in [1.807, 2.05) is 12.1 Å². The van der Waals surface area contributed by atoms with Gasteiger partial charge in [-0.1, -0.05) is 35.3 Å². The average molecular weight is 309 g/mol. The number of benzene rings is 2. The highest BCUT2D eigenvalue weighted by Crippen LogP contribution is 2.20. The van der Waals surface area contributed by atoms with Crippen molar-refractivity contribution in [1.29, 1.82) is 0 Å². The van der Waals surface area contributed by atoms with Gasteiger partial charge >= 0.3 is 5.97 Å². The number of carboxylic acids is 1. The number of aromatic carboxylic acids is 1. The van der Waals surface area contributed by atoms with E-state index in [1.165, 1.54) is 12.1 Å². The molecule has 102 valence electrons. The maximum Gasteiger partial charge on any atom is 0.337 e. The van der Waals surface area contributed by atoms with Crippen molar-refractivity contribution >= 4 is 41.1 Å². The second-order valence-corrected chi connectivity index (χ2v) is 4.77. The minimum Gasteiger partial charge on any atom is -0.478 e. The molecule has 20 heavy (non-hydrogen) atoms. The maximum absolute atomic E-state index is 10.9. The molecule has 2 rings (SSSR count). The molecule has 0 saturated heterocycles. The molecule has 0 aromatic heterocycles. The van der Waals surface area contributed by atoms with Crippen LogP contribution < -0.4 is 5.43 Å². The van der Waals surface area contributed by atoms with E-state index in [0.29, 0.717) is 10.7 Å². The van der Waals surface area contributed by atoms with E-state index in [-0.39, 0.29) is 10.6 Å². The lowest BCUT2D eigenvalue weighted by molar-refractivity contribution is 0.0697. The molecular formula is C14H10Cl2N2O2. The first-order valence-corrected chi connectivity index (χ1v) is 6.39. The van der Waals surface area contributed by atoms with Crippen LogP contribution in [0.25, 0.3) is 0 Å². The lowest BCUT2D eigenvalue weighted by Crippen LogP contribution is -1.99. The molecule has 6 heteroatoms. The van der Waals surface area contributed by atoms with Gasteiger partial charge in [0.1, 0.15) is 0 Å². The van der Waals surface area contributed by atoms with Crippen LogP contribution in [0, 0.1) is 0 Å². The molecule has 0 heterocycles. The Hall–Kier alpha value is -2.04. The van der Waals surface area contributed by atoms with E-state index in [2.05, 4.69) is 10.5 Å².